The molecule has 1 rings (SSSR count). The van der Waals surface area contributed by atoms with Gasteiger partial charge in [0.2, 0.25) is 0 Å². The molecule has 0 atom stereocenters. The second kappa shape index (κ2) is 12.9. The van der Waals surface area contributed by atoms with Gasteiger partial charge in [0.1, 0.15) is 0 Å². The van der Waals surface area contributed by atoms with Gasteiger partial charge in [0.25, 0.3) is 0 Å². The smallest absolute Gasteiger partial charge is 0.328 e. The van der Waals surface area contributed by atoms with Crippen molar-refractivity contribution >= 4 is 18.0 Å². The number of ether oxygens (including phenoxy) is 3. The molecule has 6 heteroatoms. The third-order valence-corrected chi connectivity index (χ3v) is 4.24. The quantitative estimate of drug-likeness (QED) is 0.279. The highest BCUT2D eigenvalue weighted by atomic mass is 16.5. The van der Waals surface area contributed by atoms with E-state index in [0.717, 1.165) is 43.7 Å². The van der Waals surface area contributed by atoms with Crippen LogP contribution in [-0.2, 0) is 14.3 Å². The van der Waals surface area contributed by atoms with E-state index in [4.69, 9.17) is 19.3 Å². The van der Waals surface area contributed by atoms with Gasteiger partial charge in [-0.05, 0) is 61.3 Å². The van der Waals surface area contributed by atoms with Gasteiger partial charge < -0.3 is 19.3 Å². The molecule has 1 N–H and O–H groups in total. The van der Waals surface area contributed by atoms with E-state index < -0.39 is 5.97 Å². The van der Waals surface area contributed by atoms with E-state index in [-0.39, 0.29) is 11.4 Å². The first-order valence-electron chi connectivity index (χ1n) is 10.1. The predicted octanol–water partition coefficient (Wildman–Crippen LogP) is 5.10. The molecule has 1 aromatic rings. The van der Waals surface area contributed by atoms with E-state index in [0.29, 0.717) is 31.1 Å². The molecule has 0 aliphatic carbocycles. The van der Waals surface area contributed by atoms with Crippen molar-refractivity contribution in [3.8, 4) is 11.5 Å². The van der Waals surface area contributed by atoms with Crippen molar-refractivity contribution in [2.24, 2.45) is 5.41 Å². The Morgan fingerprint density at radius 2 is 1.72 bits per heavy atom. The van der Waals surface area contributed by atoms with Crippen molar-refractivity contribution in [2.75, 3.05) is 20.3 Å². The molecule has 29 heavy (non-hydrogen) atoms. The molecule has 0 radical (unpaired) electrons. The lowest BCUT2D eigenvalue weighted by molar-refractivity contribution is -0.144. The minimum atomic E-state index is -0.996. The fraction of sp³-hybridized carbons (Fsp3) is 0.565. The van der Waals surface area contributed by atoms with E-state index in [9.17, 15) is 9.59 Å². The number of carbonyl (C=O) groups is 2. The van der Waals surface area contributed by atoms with Gasteiger partial charge in [-0.3, -0.25) is 4.79 Å². The first kappa shape index (κ1) is 24.5. The number of carboxylic acid groups (broad SMARTS) is 1. The molecule has 0 spiro atoms. The Morgan fingerprint density at radius 1 is 1.03 bits per heavy atom. The van der Waals surface area contributed by atoms with Gasteiger partial charge in [0, 0.05) is 12.5 Å². The fourth-order valence-electron chi connectivity index (χ4n) is 2.55. The SMILES string of the molecule is COc1cc(/C=C\C(=O)O)ccc1OCCCCCCOC(=O)CCC(C)(C)C. The Morgan fingerprint density at radius 3 is 2.34 bits per heavy atom. The van der Waals surface area contributed by atoms with Crippen LogP contribution in [0.1, 0.15) is 64.9 Å². The zero-order valence-corrected chi connectivity index (χ0v) is 18.0. The zero-order chi connectivity index (χ0) is 21.7. The number of esters is 1. The molecule has 0 aliphatic heterocycles. The van der Waals surface area contributed by atoms with Crippen molar-refractivity contribution < 1.29 is 28.9 Å². The van der Waals surface area contributed by atoms with Crippen molar-refractivity contribution in [1.29, 1.82) is 0 Å². The van der Waals surface area contributed by atoms with Gasteiger partial charge in [0.15, 0.2) is 11.5 Å². The Balaban J connectivity index is 2.20. The van der Waals surface area contributed by atoms with E-state index >= 15 is 0 Å². The number of methoxy groups -OCH3 is 1. The van der Waals surface area contributed by atoms with Gasteiger partial charge in [-0.25, -0.2) is 4.79 Å². The van der Waals surface area contributed by atoms with E-state index in [1.165, 1.54) is 6.08 Å². The molecular weight excluding hydrogens is 372 g/mol. The van der Waals surface area contributed by atoms with Crippen molar-refractivity contribution in [1.82, 2.24) is 0 Å². The molecule has 0 bridgehead atoms. The Bertz CT molecular complexity index is 672. The minimum Gasteiger partial charge on any atom is -0.493 e. The third kappa shape index (κ3) is 11.8. The minimum absolute atomic E-state index is 0.114. The fourth-order valence-corrected chi connectivity index (χ4v) is 2.55. The standard InChI is InChI=1S/C23H34O6/c1-23(2,3)14-13-22(26)29-16-8-6-5-7-15-28-19-11-9-18(10-12-21(24)25)17-20(19)27-4/h9-12,17H,5-8,13-16H2,1-4H3,(H,24,25)/b12-10-. The lowest BCUT2D eigenvalue weighted by Gasteiger charge is -2.16. The summed E-state index contributed by atoms with van der Waals surface area (Å²) in [7, 11) is 1.55. The van der Waals surface area contributed by atoms with Crippen LogP contribution in [0, 0.1) is 5.41 Å². The highest BCUT2D eigenvalue weighted by Gasteiger charge is 2.13. The number of unbranched alkanes of at least 4 members (excludes halogenated alkanes) is 3. The first-order valence-corrected chi connectivity index (χ1v) is 10.1. The topological polar surface area (TPSA) is 82.1 Å². The Hall–Kier alpha value is -2.50. The molecule has 0 heterocycles. The van der Waals surface area contributed by atoms with Crippen molar-refractivity contribution in [3.05, 3.63) is 29.8 Å². The van der Waals surface area contributed by atoms with Crippen LogP contribution >= 0.6 is 0 Å². The molecule has 0 amide bonds. The molecule has 1 aromatic carbocycles. The molecular formula is C23H34O6. The van der Waals surface area contributed by atoms with Crippen LogP contribution in [0.4, 0.5) is 0 Å². The summed E-state index contributed by atoms with van der Waals surface area (Å²) < 4.78 is 16.3. The maximum atomic E-state index is 11.7. The lowest BCUT2D eigenvalue weighted by atomic mass is 9.91. The third-order valence-electron chi connectivity index (χ3n) is 4.24. The summed E-state index contributed by atoms with van der Waals surface area (Å²) in [6.07, 6.45) is 7.61. The maximum Gasteiger partial charge on any atom is 0.328 e. The van der Waals surface area contributed by atoms with Crippen molar-refractivity contribution in [3.63, 3.8) is 0 Å². The number of carbonyl (C=O) groups excluding carboxylic acids is 1. The summed E-state index contributed by atoms with van der Waals surface area (Å²) >= 11 is 0. The number of hydrogen-bond acceptors (Lipinski definition) is 5. The summed E-state index contributed by atoms with van der Waals surface area (Å²) in [6, 6.07) is 5.30. The van der Waals surface area contributed by atoms with Crippen LogP contribution in [0.5, 0.6) is 11.5 Å². The van der Waals surface area contributed by atoms with Gasteiger partial charge in [0.05, 0.1) is 20.3 Å². The van der Waals surface area contributed by atoms with Crippen LogP contribution < -0.4 is 9.47 Å². The summed E-state index contributed by atoms with van der Waals surface area (Å²) in [5.74, 6) is 0.0911. The predicted molar refractivity (Wildman–Crippen MR) is 113 cm³/mol. The molecule has 0 unspecified atom stereocenters. The first-order chi connectivity index (χ1) is 13.7. The average molecular weight is 407 g/mol. The summed E-state index contributed by atoms with van der Waals surface area (Å²) in [4.78, 5) is 22.2. The zero-order valence-electron chi connectivity index (χ0n) is 18.0. The lowest BCUT2D eigenvalue weighted by Crippen LogP contribution is -2.11. The Labute approximate surface area is 173 Å². The molecule has 0 aromatic heterocycles. The average Bonchev–Trinajstić information content (AvgIpc) is 2.66. The monoisotopic (exact) mass is 406 g/mol. The molecule has 0 fully saturated rings. The molecule has 0 saturated heterocycles. The number of rotatable bonds is 13. The largest absolute Gasteiger partial charge is 0.493 e. The van der Waals surface area contributed by atoms with Gasteiger partial charge >= 0.3 is 11.9 Å². The maximum absolute atomic E-state index is 11.7. The highest BCUT2D eigenvalue weighted by Crippen LogP contribution is 2.28. The molecule has 162 valence electrons. The van der Waals surface area contributed by atoms with Crippen LogP contribution in [0.15, 0.2) is 24.3 Å². The van der Waals surface area contributed by atoms with Crippen molar-refractivity contribution in [2.45, 2.75) is 59.3 Å². The normalized spacial score (nSPS) is 11.4. The number of benzene rings is 1. The van der Waals surface area contributed by atoms with Gasteiger partial charge in [-0.15, -0.1) is 0 Å². The summed E-state index contributed by atoms with van der Waals surface area (Å²) in [5, 5.41) is 8.69. The van der Waals surface area contributed by atoms with E-state index in [2.05, 4.69) is 20.8 Å². The number of hydrogen-bond donors (Lipinski definition) is 1. The summed E-state index contributed by atoms with van der Waals surface area (Å²) in [5.41, 5.74) is 0.880. The van der Waals surface area contributed by atoms with Gasteiger partial charge in [-0.1, -0.05) is 26.8 Å². The molecule has 6 nitrogen and oxygen atoms in total. The van der Waals surface area contributed by atoms with Crippen LogP contribution in [0.25, 0.3) is 6.08 Å². The molecule has 0 aliphatic rings. The van der Waals surface area contributed by atoms with Crippen LogP contribution in [0.3, 0.4) is 0 Å². The van der Waals surface area contributed by atoms with E-state index in [1.54, 1.807) is 25.3 Å². The second-order valence-electron chi connectivity index (χ2n) is 8.13. The highest BCUT2D eigenvalue weighted by molar-refractivity contribution is 5.85. The number of carboxylic acids is 1. The van der Waals surface area contributed by atoms with Crippen LogP contribution in [-0.4, -0.2) is 37.4 Å². The van der Waals surface area contributed by atoms with Crippen LogP contribution in [0.2, 0.25) is 0 Å². The summed E-state index contributed by atoms with van der Waals surface area (Å²) in [6.45, 7) is 7.38. The van der Waals surface area contributed by atoms with E-state index in [1.807, 2.05) is 0 Å². The number of aliphatic carboxylic acids is 1. The molecule has 0 saturated carbocycles. The Kier molecular flexibility index (Phi) is 10.9. The second-order valence-corrected chi connectivity index (χ2v) is 8.13. The van der Waals surface area contributed by atoms with Gasteiger partial charge in [-0.2, -0.15) is 0 Å².